The van der Waals surface area contributed by atoms with Crippen LogP contribution in [0.2, 0.25) is 0 Å². The highest BCUT2D eigenvalue weighted by Gasteiger charge is 2.28. The average molecular weight is 339 g/mol. The number of methoxy groups -OCH3 is 1. The zero-order valence-electron chi connectivity index (χ0n) is 13.8. The lowest BCUT2D eigenvalue weighted by Crippen LogP contribution is -2.46. The lowest BCUT2D eigenvalue weighted by molar-refractivity contribution is -0.171. The van der Waals surface area contributed by atoms with Gasteiger partial charge in [-0.3, -0.25) is 5.32 Å². The Morgan fingerprint density at radius 2 is 1.75 bits per heavy atom. The lowest BCUT2D eigenvalue weighted by atomic mass is 10.2. The van der Waals surface area contributed by atoms with Crippen LogP contribution in [0, 0.1) is 0 Å². The molecule has 8 heteroatoms. The minimum absolute atomic E-state index is 0.0226. The van der Waals surface area contributed by atoms with E-state index >= 15 is 0 Å². The second-order valence-electron chi connectivity index (χ2n) is 4.64. The van der Waals surface area contributed by atoms with E-state index in [1.54, 1.807) is 31.2 Å². The molecule has 24 heavy (non-hydrogen) atoms. The molecule has 1 aromatic rings. The van der Waals surface area contributed by atoms with E-state index in [1.165, 1.54) is 14.0 Å². The van der Waals surface area contributed by atoms with Crippen molar-refractivity contribution in [2.75, 3.05) is 13.7 Å². The van der Waals surface area contributed by atoms with Gasteiger partial charge < -0.3 is 18.9 Å². The molecule has 1 rings (SSSR count). The van der Waals surface area contributed by atoms with E-state index in [-0.39, 0.29) is 13.2 Å². The van der Waals surface area contributed by atoms with E-state index < -0.39 is 30.4 Å². The molecular formula is C16H21NO7. The minimum atomic E-state index is -1.48. The van der Waals surface area contributed by atoms with Gasteiger partial charge in [0.1, 0.15) is 6.61 Å². The number of alkyl carbamates (subject to hydrolysis) is 1. The Morgan fingerprint density at radius 1 is 1.08 bits per heavy atom. The largest absolute Gasteiger partial charge is 0.467 e. The molecule has 2 atom stereocenters. The summed E-state index contributed by atoms with van der Waals surface area (Å²) >= 11 is 0. The summed E-state index contributed by atoms with van der Waals surface area (Å²) in [6.07, 6.45) is -3.44. The summed E-state index contributed by atoms with van der Waals surface area (Å²) in [5, 5.41) is 2.22. The first-order chi connectivity index (χ1) is 11.5. The molecule has 2 unspecified atom stereocenters. The van der Waals surface area contributed by atoms with Crippen LogP contribution < -0.4 is 5.32 Å². The maximum Gasteiger partial charge on any atom is 0.409 e. The Balaban J connectivity index is 2.60. The van der Waals surface area contributed by atoms with Crippen molar-refractivity contribution in [3.63, 3.8) is 0 Å². The van der Waals surface area contributed by atoms with Crippen LogP contribution in [0.15, 0.2) is 30.3 Å². The van der Waals surface area contributed by atoms with Crippen LogP contribution in [-0.4, -0.2) is 44.1 Å². The number of ether oxygens (including phenoxy) is 4. The van der Waals surface area contributed by atoms with Crippen LogP contribution in [0.1, 0.15) is 19.4 Å². The third-order valence-corrected chi connectivity index (χ3v) is 2.84. The fourth-order valence-corrected chi connectivity index (χ4v) is 1.66. The van der Waals surface area contributed by atoms with Gasteiger partial charge in [-0.25, -0.2) is 14.4 Å². The van der Waals surface area contributed by atoms with Crippen molar-refractivity contribution >= 4 is 18.0 Å². The molecule has 0 aliphatic carbocycles. The predicted molar refractivity (Wildman–Crippen MR) is 82.7 cm³/mol. The number of esters is 2. The van der Waals surface area contributed by atoms with Gasteiger partial charge in [0, 0.05) is 0 Å². The predicted octanol–water partition coefficient (Wildman–Crippen LogP) is 1.38. The average Bonchev–Trinajstić information content (AvgIpc) is 2.59. The lowest BCUT2D eigenvalue weighted by Gasteiger charge is -2.20. The van der Waals surface area contributed by atoms with Crippen molar-refractivity contribution in [3.05, 3.63) is 35.9 Å². The van der Waals surface area contributed by atoms with Crippen LogP contribution in [0.3, 0.4) is 0 Å². The monoisotopic (exact) mass is 339 g/mol. The van der Waals surface area contributed by atoms with Crippen molar-refractivity contribution in [1.82, 2.24) is 5.32 Å². The summed E-state index contributed by atoms with van der Waals surface area (Å²) in [6.45, 7) is 3.10. The van der Waals surface area contributed by atoms with Gasteiger partial charge in [0.25, 0.3) is 0 Å². The summed E-state index contributed by atoms with van der Waals surface area (Å²) in [7, 11) is 1.18. The third kappa shape index (κ3) is 6.66. The summed E-state index contributed by atoms with van der Waals surface area (Å²) < 4.78 is 19.5. The first kappa shape index (κ1) is 19.4. The second kappa shape index (κ2) is 10.2. The number of nitrogens with one attached hydrogen (secondary N) is 1. The molecule has 0 saturated carbocycles. The van der Waals surface area contributed by atoms with Gasteiger partial charge >= 0.3 is 18.0 Å². The zero-order chi connectivity index (χ0) is 17.9. The van der Waals surface area contributed by atoms with Crippen LogP contribution in [0.5, 0.6) is 0 Å². The third-order valence-electron chi connectivity index (χ3n) is 2.84. The number of hydrogen-bond acceptors (Lipinski definition) is 7. The molecule has 1 aromatic carbocycles. The van der Waals surface area contributed by atoms with Crippen molar-refractivity contribution in [1.29, 1.82) is 0 Å². The van der Waals surface area contributed by atoms with Crippen molar-refractivity contribution < 1.29 is 33.3 Å². The summed E-state index contributed by atoms with van der Waals surface area (Å²) in [4.78, 5) is 35.0. The quantitative estimate of drug-likeness (QED) is 0.434. The zero-order valence-corrected chi connectivity index (χ0v) is 13.8. The highest BCUT2D eigenvalue weighted by atomic mass is 16.6. The maximum atomic E-state index is 11.8. The van der Waals surface area contributed by atoms with Gasteiger partial charge in [-0.05, 0) is 19.4 Å². The van der Waals surface area contributed by atoms with Gasteiger partial charge in [0.05, 0.1) is 13.7 Å². The number of amides is 1. The highest BCUT2D eigenvalue weighted by molar-refractivity contribution is 5.81. The standard InChI is InChI=1S/C16H21NO7/c1-4-22-15(19)13(24-11(2)14(18)21-3)17-16(20)23-10-12-8-6-5-7-9-12/h5-9,11,13H,4,10H2,1-3H3,(H,17,20). The molecule has 0 aromatic heterocycles. The molecule has 1 amide bonds. The van der Waals surface area contributed by atoms with E-state index in [9.17, 15) is 14.4 Å². The number of benzene rings is 1. The molecule has 0 radical (unpaired) electrons. The van der Waals surface area contributed by atoms with Crippen molar-refractivity contribution in [3.8, 4) is 0 Å². The molecule has 0 aliphatic heterocycles. The molecular weight excluding hydrogens is 318 g/mol. The van der Waals surface area contributed by atoms with Crippen LogP contribution in [0.25, 0.3) is 0 Å². The number of hydrogen-bond donors (Lipinski definition) is 1. The summed E-state index contributed by atoms with van der Waals surface area (Å²) in [5.74, 6) is -1.53. The highest BCUT2D eigenvalue weighted by Crippen LogP contribution is 2.04. The Labute approximate surface area is 140 Å². The van der Waals surface area contributed by atoms with Crippen LogP contribution >= 0.6 is 0 Å². The van der Waals surface area contributed by atoms with Gasteiger partial charge in [0.2, 0.25) is 6.23 Å². The summed E-state index contributed by atoms with van der Waals surface area (Å²) in [5.41, 5.74) is 0.782. The summed E-state index contributed by atoms with van der Waals surface area (Å²) in [6, 6.07) is 9.01. The molecule has 0 fully saturated rings. The molecule has 132 valence electrons. The molecule has 0 heterocycles. The molecule has 0 saturated heterocycles. The Hall–Kier alpha value is -2.61. The number of carbonyl (C=O) groups is 3. The molecule has 0 bridgehead atoms. The van der Waals surface area contributed by atoms with Crippen molar-refractivity contribution in [2.45, 2.75) is 32.8 Å². The smallest absolute Gasteiger partial charge is 0.409 e. The first-order valence-corrected chi connectivity index (χ1v) is 7.35. The SMILES string of the molecule is CCOC(=O)C(NC(=O)OCc1ccccc1)OC(C)C(=O)OC. The number of carbonyl (C=O) groups excluding carboxylic acids is 3. The number of rotatable bonds is 8. The fourth-order valence-electron chi connectivity index (χ4n) is 1.66. The molecule has 0 spiro atoms. The van der Waals surface area contributed by atoms with E-state index in [1.807, 2.05) is 6.07 Å². The van der Waals surface area contributed by atoms with E-state index in [2.05, 4.69) is 10.1 Å². The topological polar surface area (TPSA) is 100 Å². The van der Waals surface area contributed by atoms with Gasteiger partial charge in [-0.2, -0.15) is 0 Å². The van der Waals surface area contributed by atoms with Crippen LogP contribution in [0.4, 0.5) is 4.79 Å². The van der Waals surface area contributed by atoms with Gasteiger partial charge in [0.15, 0.2) is 6.10 Å². The Bertz CT molecular complexity index is 547. The van der Waals surface area contributed by atoms with E-state index in [0.717, 1.165) is 5.56 Å². The van der Waals surface area contributed by atoms with Gasteiger partial charge in [-0.1, -0.05) is 30.3 Å². The Morgan fingerprint density at radius 3 is 2.33 bits per heavy atom. The van der Waals surface area contributed by atoms with Crippen molar-refractivity contribution in [2.24, 2.45) is 0 Å². The minimum Gasteiger partial charge on any atom is -0.467 e. The second-order valence-corrected chi connectivity index (χ2v) is 4.64. The van der Waals surface area contributed by atoms with Crippen LogP contribution in [-0.2, 0) is 35.1 Å². The first-order valence-electron chi connectivity index (χ1n) is 7.35. The fraction of sp³-hybridized carbons (Fsp3) is 0.438. The van der Waals surface area contributed by atoms with E-state index in [0.29, 0.717) is 0 Å². The molecule has 0 aliphatic rings. The Kier molecular flexibility index (Phi) is 8.28. The molecule has 8 nitrogen and oxygen atoms in total. The maximum absolute atomic E-state index is 11.8. The van der Waals surface area contributed by atoms with E-state index in [4.69, 9.17) is 14.2 Å². The van der Waals surface area contributed by atoms with Gasteiger partial charge in [-0.15, -0.1) is 0 Å². The normalized spacial score (nSPS) is 12.6. The molecule has 1 N–H and O–H groups in total.